The first-order chi connectivity index (χ1) is 28.6. The summed E-state index contributed by atoms with van der Waals surface area (Å²) in [5, 5.41) is 21.2. The van der Waals surface area contributed by atoms with Crippen LogP contribution in [0, 0.1) is 22.7 Å². The minimum absolute atomic E-state index is 0.172. The zero-order valence-electron chi connectivity index (χ0n) is 32.1. The lowest BCUT2D eigenvalue weighted by Crippen LogP contribution is -2.30. The SMILES string of the molecule is N#Cc1c(-c2ccccc2)cc(-c2ccccc2)nc1-c1ccc(C2(c3ccc(-c4nc(-c5ccccc5)cc(-c5ccccc5)c4C#N)cc3)CCCCC2)cc1. The monoisotopic (exact) mass is 744 g/mol. The molecule has 2 heterocycles. The van der Waals surface area contributed by atoms with Gasteiger partial charge in [0.05, 0.1) is 33.9 Å². The first kappa shape index (κ1) is 36.3. The summed E-state index contributed by atoms with van der Waals surface area (Å²) in [4.78, 5) is 10.3. The molecule has 4 heteroatoms. The van der Waals surface area contributed by atoms with E-state index in [4.69, 9.17) is 9.97 Å². The van der Waals surface area contributed by atoms with Gasteiger partial charge in [-0.25, -0.2) is 9.97 Å². The maximum absolute atomic E-state index is 10.6. The summed E-state index contributed by atoms with van der Waals surface area (Å²) >= 11 is 0. The fourth-order valence-electron chi connectivity index (χ4n) is 8.73. The zero-order valence-corrected chi connectivity index (χ0v) is 32.1. The molecule has 0 spiro atoms. The highest BCUT2D eigenvalue weighted by atomic mass is 14.7. The molecular weight excluding hydrogens is 705 g/mol. The van der Waals surface area contributed by atoms with Gasteiger partial charge in [-0.15, -0.1) is 0 Å². The second-order valence-corrected chi connectivity index (χ2v) is 15.0. The molecule has 6 aromatic carbocycles. The zero-order chi connectivity index (χ0) is 39.3. The van der Waals surface area contributed by atoms with Gasteiger partial charge in [0.2, 0.25) is 0 Å². The Hall–Kier alpha value is -7.40. The van der Waals surface area contributed by atoms with Crippen molar-refractivity contribution in [1.82, 2.24) is 9.97 Å². The summed E-state index contributed by atoms with van der Waals surface area (Å²) in [5.41, 5.74) is 14.1. The number of hydrogen-bond donors (Lipinski definition) is 0. The predicted octanol–water partition coefficient (Wildman–Crippen LogP) is 13.5. The molecule has 276 valence electrons. The third-order valence-electron chi connectivity index (χ3n) is 11.7. The Kier molecular flexibility index (Phi) is 9.99. The number of hydrogen-bond acceptors (Lipinski definition) is 4. The molecule has 4 nitrogen and oxygen atoms in total. The Morgan fingerprint density at radius 2 is 0.724 bits per heavy atom. The van der Waals surface area contributed by atoms with Crippen LogP contribution in [0.25, 0.3) is 67.3 Å². The van der Waals surface area contributed by atoms with Crippen LogP contribution >= 0.6 is 0 Å². The fourth-order valence-corrected chi connectivity index (χ4v) is 8.73. The van der Waals surface area contributed by atoms with Crippen molar-refractivity contribution in [3.8, 4) is 79.4 Å². The summed E-state index contributed by atoms with van der Waals surface area (Å²) in [6, 6.07) is 67.3. The molecule has 1 fully saturated rings. The lowest BCUT2D eigenvalue weighted by molar-refractivity contribution is 0.346. The Balaban J connectivity index is 1.12. The van der Waals surface area contributed by atoms with Crippen LogP contribution in [-0.4, -0.2) is 9.97 Å². The second kappa shape index (κ2) is 16.0. The van der Waals surface area contributed by atoms with Crippen molar-refractivity contribution in [2.45, 2.75) is 37.5 Å². The molecule has 1 saturated carbocycles. The van der Waals surface area contributed by atoms with Gasteiger partial charge in [-0.2, -0.15) is 10.5 Å². The van der Waals surface area contributed by atoms with Gasteiger partial charge in [-0.1, -0.05) is 189 Å². The third-order valence-corrected chi connectivity index (χ3v) is 11.7. The molecule has 0 N–H and O–H groups in total. The molecule has 0 bridgehead atoms. The van der Waals surface area contributed by atoms with Crippen molar-refractivity contribution in [3.05, 3.63) is 204 Å². The van der Waals surface area contributed by atoms with Crippen molar-refractivity contribution >= 4 is 0 Å². The maximum atomic E-state index is 10.6. The number of pyridine rings is 2. The van der Waals surface area contributed by atoms with Crippen LogP contribution in [0.15, 0.2) is 182 Å². The minimum Gasteiger partial charge on any atom is -0.246 e. The predicted molar refractivity (Wildman–Crippen MR) is 234 cm³/mol. The lowest BCUT2D eigenvalue weighted by Gasteiger charge is -2.39. The number of benzene rings is 6. The third kappa shape index (κ3) is 6.87. The van der Waals surface area contributed by atoms with Crippen molar-refractivity contribution in [3.63, 3.8) is 0 Å². The summed E-state index contributed by atoms with van der Waals surface area (Å²) in [6.45, 7) is 0. The van der Waals surface area contributed by atoms with E-state index in [0.29, 0.717) is 22.5 Å². The van der Waals surface area contributed by atoms with E-state index in [-0.39, 0.29) is 5.41 Å². The molecule has 0 unspecified atom stereocenters. The number of nitriles is 2. The molecule has 0 aliphatic heterocycles. The molecular formula is C54H40N4. The summed E-state index contributed by atoms with van der Waals surface area (Å²) in [5.74, 6) is 0. The van der Waals surface area contributed by atoms with E-state index in [1.54, 1.807) is 0 Å². The van der Waals surface area contributed by atoms with Crippen molar-refractivity contribution < 1.29 is 0 Å². The van der Waals surface area contributed by atoms with Gasteiger partial charge in [0.25, 0.3) is 0 Å². The van der Waals surface area contributed by atoms with Crippen LogP contribution in [0.4, 0.5) is 0 Å². The van der Waals surface area contributed by atoms with E-state index in [1.807, 2.05) is 84.9 Å². The van der Waals surface area contributed by atoms with Crippen LogP contribution in [0.3, 0.4) is 0 Å². The highest BCUT2D eigenvalue weighted by Crippen LogP contribution is 2.46. The molecule has 0 atom stereocenters. The fraction of sp³-hybridized carbons (Fsp3) is 0.111. The van der Waals surface area contributed by atoms with Crippen LogP contribution in [0.1, 0.15) is 54.4 Å². The van der Waals surface area contributed by atoms with E-state index in [9.17, 15) is 10.5 Å². The van der Waals surface area contributed by atoms with Crippen LogP contribution in [0.5, 0.6) is 0 Å². The highest BCUT2D eigenvalue weighted by Gasteiger charge is 2.36. The first-order valence-electron chi connectivity index (χ1n) is 20.0. The molecule has 8 aromatic rings. The average Bonchev–Trinajstić information content (AvgIpc) is 3.32. The van der Waals surface area contributed by atoms with E-state index in [1.165, 1.54) is 17.5 Å². The topological polar surface area (TPSA) is 73.4 Å². The van der Waals surface area contributed by atoms with Crippen LogP contribution in [-0.2, 0) is 5.41 Å². The number of nitrogens with zero attached hydrogens (tertiary/aromatic N) is 4. The smallest absolute Gasteiger partial charge is 0.102 e. The van der Waals surface area contributed by atoms with Gasteiger partial charge >= 0.3 is 0 Å². The summed E-state index contributed by atoms with van der Waals surface area (Å²) in [7, 11) is 0. The Bertz CT molecular complexity index is 2590. The molecule has 0 amide bonds. The number of rotatable bonds is 8. The molecule has 9 rings (SSSR count). The van der Waals surface area contributed by atoms with Crippen LogP contribution < -0.4 is 0 Å². The largest absolute Gasteiger partial charge is 0.246 e. The van der Waals surface area contributed by atoms with E-state index >= 15 is 0 Å². The molecule has 0 saturated heterocycles. The van der Waals surface area contributed by atoms with Gasteiger partial charge in [0.1, 0.15) is 12.1 Å². The Morgan fingerprint density at radius 1 is 0.379 bits per heavy atom. The Morgan fingerprint density at radius 3 is 1.07 bits per heavy atom. The van der Waals surface area contributed by atoms with Gasteiger partial charge in [-0.05, 0) is 47.2 Å². The minimum atomic E-state index is -0.172. The van der Waals surface area contributed by atoms with Crippen molar-refractivity contribution in [2.75, 3.05) is 0 Å². The van der Waals surface area contributed by atoms with Gasteiger partial charge in [-0.3, -0.25) is 0 Å². The van der Waals surface area contributed by atoms with Gasteiger partial charge in [0, 0.05) is 38.8 Å². The quantitative estimate of drug-likeness (QED) is 0.155. The highest BCUT2D eigenvalue weighted by molar-refractivity contribution is 5.85. The van der Waals surface area contributed by atoms with Crippen LogP contribution in [0.2, 0.25) is 0 Å². The molecule has 2 aromatic heterocycles. The summed E-state index contributed by atoms with van der Waals surface area (Å²) in [6.07, 6.45) is 5.58. The summed E-state index contributed by atoms with van der Waals surface area (Å²) < 4.78 is 0. The average molecular weight is 745 g/mol. The first-order valence-corrected chi connectivity index (χ1v) is 20.0. The van der Waals surface area contributed by atoms with Gasteiger partial charge in [0.15, 0.2) is 0 Å². The second-order valence-electron chi connectivity index (χ2n) is 15.0. The van der Waals surface area contributed by atoms with E-state index in [0.717, 1.165) is 81.6 Å². The van der Waals surface area contributed by atoms with E-state index in [2.05, 4.69) is 109 Å². The lowest BCUT2D eigenvalue weighted by atomic mass is 9.65. The Labute approximate surface area is 340 Å². The maximum Gasteiger partial charge on any atom is 0.102 e. The standard InChI is InChI=1S/C54H40N4/c55-36-48-46(38-16-6-1-7-17-38)34-50(40-20-10-3-11-21-40)57-52(48)42-24-28-44(29-25-42)54(32-14-5-15-33-54)45-30-26-43(27-31-45)53-49(37-56)47(39-18-8-2-9-19-39)35-51(58-53)41-22-12-4-13-23-41/h1-4,6-13,16-31,34-35H,5,14-15,32-33H2. The van der Waals surface area contributed by atoms with E-state index < -0.39 is 0 Å². The van der Waals surface area contributed by atoms with Gasteiger partial charge < -0.3 is 0 Å². The molecule has 1 aliphatic rings. The normalized spacial score (nSPS) is 13.3. The molecule has 1 aliphatic carbocycles. The van der Waals surface area contributed by atoms with Crippen molar-refractivity contribution in [2.24, 2.45) is 0 Å². The van der Waals surface area contributed by atoms with Crippen molar-refractivity contribution in [1.29, 1.82) is 10.5 Å². The number of aromatic nitrogens is 2. The molecule has 0 radical (unpaired) electrons. The molecule has 58 heavy (non-hydrogen) atoms.